The van der Waals surface area contributed by atoms with E-state index in [1.807, 2.05) is 12.3 Å². The normalized spacial score (nSPS) is 20.9. The Balaban J connectivity index is 2.10. The zero-order chi connectivity index (χ0) is 10.7. The number of thiol groups is 1. The molecule has 1 aromatic heterocycles. The van der Waals surface area contributed by atoms with Gasteiger partial charge in [0.1, 0.15) is 11.6 Å². The molecule has 82 valence electrons. The average Bonchev–Trinajstić information content (AvgIpc) is 2.66. The van der Waals surface area contributed by atoms with Crippen LogP contribution < -0.4 is 4.90 Å². The molecule has 0 aliphatic carbocycles. The van der Waals surface area contributed by atoms with E-state index in [0.717, 1.165) is 42.8 Å². The molecule has 0 saturated carbocycles. The quantitative estimate of drug-likeness (QED) is 0.792. The van der Waals surface area contributed by atoms with Crippen molar-refractivity contribution >= 4 is 18.4 Å². The van der Waals surface area contributed by atoms with Gasteiger partial charge in [0.2, 0.25) is 0 Å². The van der Waals surface area contributed by atoms with Crippen LogP contribution in [0.15, 0.2) is 12.3 Å². The van der Waals surface area contributed by atoms with Crippen molar-refractivity contribution in [1.82, 2.24) is 9.97 Å². The predicted molar refractivity (Wildman–Crippen MR) is 65.6 cm³/mol. The van der Waals surface area contributed by atoms with Gasteiger partial charge < -0.3 is 4.90 Å². The predicted octanol–water partition coefficient (Wildman–Crippen LogP) is 1.80. The fourth-order valence-corrected chi connectivity index (χ4v) is 2.13. The highest BCUT2D eigenvalue weighted by atomic mass is 32.1. The fourth-order valence-electron chi connectivity index (χ4n) is 1.93. The van der Waals surface area contributed by atoms with Gasteiger partial charge in [-0.2, -0.15) is 12.6 Å². The summed E-state index contributed by atoms with van der Waals surface area (Å²) < 4.78 is 0. The Morgan fingerprint density at radius 2 is 2.47 bits per heavy atom. The molecule has 1 saturated heterocycles. The number of hydrogen-bond donors (Lipinski definition) is 1. The van der Waals surface area contributed by atoms with Crippen LogP contribution in [-0.4, -0.2) is 28.8 Å². The van der Waals surface area contributed by atoms with Crippen LogP contribution in [0.4, 0.5) is 5.82 Å². The molecule has 0 aromatic carbocycles. The third-order valence-corrected chi connectivity index (χ3v) is 3.00. The van der Waals surface area contributed by atoms with Gasteiger partial charge in [-0.25, -0.2) is 9.97 Å². The molecule has 0 spiro atoms. The van der Waals surface area contributed by atoms with Crippen molar-refractivity contribution in [2.75, 3.05) is 23.7 Å². The number of aromatic nitrogens is 2. The highest BCUT2D eigenvalue weighted by Gasteiger charge is 2.19. The maximum atomic E-state index is 4.54. The van der Waals surface area contributed by atoms with Gasteiger partial charge >= 0.3 is 0 Å². The Hall–Kier alpha value is -0.770. The maximum Gasteiger partial charge on any atom is 0.132 e. The summed E-state index contributed by atoms with van der Waals surface area (Å²) in [4.78, 5) is 11.1. The molecule has 0 radical (unpaired) electrons. The molecule has 2 rings (SSSR count). The van der Waals surface area contributed by atoms with E-state index in [4.69, 9.17) is 0 Å². The zero-order valence-electron chi connectivity index (χ0n) is 9.06. The lowest BCUT2D eigenvalue weighted by atomic mass is 10.2. The van der Waals surface area contributed by atoms with E-state index in [-0.39, 0.29) is 0 Å². The summed E-state index contributed by atoms with van der Waals surface area (Å²) in [6, 6.07) is 2.00. The van der Waals surface area contributed by atoms with Crippen LogP contribution in [0.3, 0.4) is 0 Å². The van der Waals surface area contributed by atoms with E-state index in [2.05, 4.69) is 34.4 Å². The van der Waals surface area contributed by atoms with Crippen LogP contribution in [0.2, 0.25) is 0 Å². The first-order valence-electron chi connectivity index (χ1n) is 5.47. The molecule has 15 heavy (non-hydrogen) atoms. The molecule has 4 heteroatoms. The molecule has 2 heterocycles. The Labute approximate surface area is 96.3 Å². The largest absolute Gasteiger partial charge is 0.356 e. The first-order chi connectivity index (χ1) is 7.29. The second-order valence-corrected chi connectivity index (χ2v) is 4.59. The summed E-state index contributed by atoms with van der Waals surface area (Å²) in [5.41, 5.74) is 0. The summed E-state index contributed by atoms with van der Waals surface area (Å²) in [5.74, 6) is 3.57. The second kappa shape index (κ2) is 4.84. The number of rotatable bonds is 3. The highest BCUT2D eigenvalue weighted by Crippen LogP contribution is 2.21. The van der Waals surface area contributed by atoms with Gasteiger partial charge in [0.15, 0.2) is 0 Å². The van der Waals surface area contributed by atoms with Crippen LogP contribution in [0.5, 0.6) is 0 Å². The standard InChI is InChI=1S/C11H17N3S/c1-9-3-6-14(8-9)11-2-5-12-10(13-11)4-7-15/h2,5,9,15H,3-4,6-8H2,1H3. The van der Waals surface area contributed by atoms with Gasteiger partial charge in [-0.1, -0.05) is 6.92 Å². The minimum absolute atomic E-state index is 0.785. The number of anilines is 1. The molecule has 1 atom stereocenters. The van der Waals surface area contributed by atoms with Gasteiger partial charge in [-0.05, 0) is 24.2 Å². The van der Waals surface area contributed by atoms with E-state index in [1.165, 1.54) is 6.42 Å². The molecule has 1 aromatic rings. The molecule has 1 unspecified atom stereocenters. The Morgan fingerprint density at radius 3 is 3.13 bits per heavy atom. The third kappa shape index (κ3) is 2.62. The third-order valence-electron chi connectivity index (χ3n) is 2.77. The summed E-state index contributed by atoms with van der Waals surface area (Å²) >= 11 is 4.20. The van der Waals surface area contributed by atoms with Crippen LogP contribution in [0, 0.1) is 5.92 Å². The Kier molecular flexibility index (Phi) is 3.46. The van der Waals surface area contributed by atoms with Gasteiger partial charge in [0.25, 0.3) is 0 Å². The van der Waals surface area contributed by atoms with Crippen LogP contribution in [0.1, 0.15) is 19.2 Å². The monoisotopic (exact) mass is 223 g/mol. The van der Waals surface area contributed by atoms with Crippen molar-refractivity contribution in [3.05, 3.63) is 18.1 Å². The van der Waals surface area contributed by atoms with E-state index in [0.29, 0.717) is 0 Å². The van der Waals surface area contributed by atoms with Crippen LogP contribution >= 0.6 is 12.6 Å². The van der Waals surface area contributed by atoms with E-state index >= 15 is 0 Å². The van der Waals surface area contributed by atoms with Crippen molar-refractivity contribution in [2.45, 2.75) is 19.8 Å². The van der Waals surface area contributed by atoms with Gasteiger partial charge in [0, 0.05) is 25.7 Å². The van der Waals surface area contributed by atoms with E-state index in [1.54, 1.807) is 0 Å². The lowest BCUT2D eigenvalue weighted by molar-refractivity contribution is 0.658. The smallest absolute Gasteiger partial charge is 0.132 e. The van der Waals surface area contributed by atoms with E-state index in [9.17, 15) is 0 Å². The summed E-state index contributed by atoms with van der Waals surface area (Å²) in [6.45, 7) is 4.53. The topological polar surface area (TPSA) is 29.0 Å². The van der Waals surface area contributed by atoms with Crippen molar-refractivity contribution in [1.29, 1.82) is 0 Å². The average molecular weight is 223 g/mol. The van der Waals surface area contributed by atoms with Crippen LogP contribution in [-0.2, 0) is 6.42 Å². The van der Waals surface area contributed by atoms with E-state index < -0.39 is 0 Å². The Bertz CT molecular complexity index is 329. The van der Waals surface area contributed by atoms with Crippen molar-refractivity contribution in [3.63, 3.8) is 0 Å². The van der Waals surface area contributed by atoms with Gasteiger partial charge in [-0.15, -0.1) is 0 Å². The fraction of sp³-hybridized carbons (Fsp3) is 0.636. The SMILES string of the molecule is CC1CCN(c2ccnc(CCS)n2)C1. The van der Waals surface area contributed by atoms with Crippen molar-refractivity contribution in [3.8, 4) is 0 Å². The molecule has 1 aliphatic rings. The number of aryl methyl sites for hydroxylation is 1. The minimum Gasteiger partial charge on any atom is -0.356 e. The van der Waals surface area contributed by atoms with Crippen molar-refractivity contribution < 1.29 is 0 Å². The molecular formula is C11H17N3S. The summed E-state index contributed by atoms with van der Waals surface area (Å²) in [5, 5.41) is 0. The first-order valence-corrected chi connectivity index (χ1v) is 6.10. The zero-order valence-corrected chi connectivity index (χ0v) is 9.95. The van der Waals surface area contributed by atoms with Gasteiger partial charge in [0.05, 0.1) is 0 Å². The molecular weight excluding hydrogens is 206 g/mol. The first kappa shape index (κ1) is 10.7. The maximum absolute atomic E-state index is 4.54. The summed E-state index contributed by atoms with van der Waals surface area (Å²) in [7, 11) is 0. The highest BCUT2D eigenvalue weighted by molar-refractivity contribution is 7.80. The van der Waals surface area contributed by atoms with Gasteiger partial charge in [-0.3, -0.25) is 0 Å². The van der Waals surface area contributed by atoms with Crippen LogP contribution in [0.25, 0.3) is 0 Å². The van der Waals surface area contributed by atoms with Crippen molar-refractivity contribution in [2.24, 2.45) is 5.92 Å². The lowest BCUT2D eigenvalue weighted by Gasteiger charge is -2.16. The molecule has 0 amide bonds. The number of nitrogens with zero attached hydrogens (tertiary/aromatic N) is 3. The molecule has 1 aliphatic heterocycles. The lowest BCUT2D eigenvalue weighted by Crippen LogP contribution is -2.20. The Morgan fingerprint density at radius 1 is 1.60 bits per heavy atom. The molecule has 0 bridgehead atoms. The molecule has 3 nitrogen and oxygen atoms in total. The molecule has 0 N–H and O–H groups in total. The number of hydrogen-bond acceptors (Lipinski definition) is 4. The summed E-state index contributed by atoms with van der Waals surface area (Å²) in [6.07, 6.45) is 3.97. The second-order valence-electron chi connectivity index (χ2n) is 4.14. The minimum atomic E-state index is 0.785. The molecule has 1 fully saturated rings.